The molecule has 2 aliphatic heterocycles. The first kappa shape index (κ1) is 15.9. The van der Waals surface area contributed by atoms with E-state index in [9.17, 15) is 4.79 Å². The van der Waals surface area contributed by atoms with Crippen LogP contribution in [0.5, 0.6) is 5.75 Å². The highest BCUT2D eigenvalue weighted by Crippen LogP contribution is 2.36. The zero-order chi connectivity index (χ0) is 16.4. The van der Waals surface area contributed by atoms with Gasteiger partial charge in [0, 0.05) is 24.8 Å². The van der Waals surface area contributed by atoms with Crippen LogP contribution in [0.15, 0.2) is 24.3 Å². The molecule has 2 heterocycles. The van der Waals surface area contributed by atoms with Gasteiger partial charge in [0.2, 0.25) is 0 Å². The average molecular weight is 329 g/mol. The topological polar surface area (TPSA) is 38.8 Å². The highest BCUT2D eigenvalue weighted by molar-refractivity contribution is 5.94. The van der Waals surface area contributed by atoms with Gasteiger partial charge >= 0.3 is 0 Å². The molecule has 4 heteroatoms. The molecule has 1 aliphatic carbocycles. The number of amides is 1. The van der Waals surface area contributed by atoms with Crippen molar-refractivity contribution in [3.63, 3.8) is 0 Å². The number of fused-ring (bicyclic) bond motifs is 1. The summed E-state index contributed by atoms with van der Waals surface area (Å²) in [5.41, 5.74) is 0.783. The molecule has 24 heavy (non-hydrogen) atoms. The van der Waals surface area contributed by atoms with E-state index >= 15 is 0 Å². The summed E-state index contributed by atoms with van der Waals surface area (Å²) < 4.78 is 11.4. The van der Waals surface area contributed by atoms with E-state index in [0.717, 1.165) is 43.2 Å². The van der Waals surface area contributed by atoms with E-state index in [1.807, 2.05) is 24.3 Å². The predicted molar refractivity (Wildman–Crippen MR) is 92.3 cm³/mol. The molecule has 1 saturated carbocycles. The Kier molecular flexibility index (Phi) is 4.74. The third-order valence-corrected chi connectivity index (χ3v) is 5.83. The predicted octanol–water partition coefficient (Wildman–Crippen LogP) is 3.65. The summed E-state index contributed by atoms with van der Waals surface area (Å²) in [4.78, 5) is 15.0. The summed E-state index contributed by atoms with van der Waals surface area (Å²) in [6, 6.07) is 8.11. The van der Waals surface area contributed by atoms with Crippen LogP contribution < -0.4 is 4.74 Å². The number of hydrogen-bond donors (Lipinski definition) is 0. The summed E-state index contributed by atoms with van der Waals surface area (Å²) in [5, 5.41) is 0. The van der Waals surface area contributed by atoms with E-state index in [0.29, 0.717) is 12.6 Å². The lowest BCUT2D eigenvalue weighted by Gasteiger charge is -2.31. The molecule has 3 fully saturated rings. The molecular formula is C20H27NO3. The van der Waals surface area contributed by atoms with Crippen LogP contribution in [0.4, 0.5) is 0 Å². The highest BCUT2D eigenvalue weighted by atomic mass is 16.5. The Balaban J connectivity index is 1.36. The minimum atomic E-state index is 0.190. The second-order valence-electron chi connectivity index (χ2n) is 7.37. The smallest absolute Gasteiger partial charge is 0.254 e. The van der Waals surface area contributed by atoms with Crippen molar-refractivity contribution >= 4 is 5.91 Å². The van der Waals surface area contributed by atoms with Crippen molar-refractivity contribution in [3.05, 3.63) is 29.8 Å². The van der Waals surface area contributed by atoms with E-state index in [-0.39, 0.29) is 12.0 Å². The first-order valence-electron chi connectivity index (χ1n) is 9.47. The minimum Gasteiger partial charge on any atom is -0.491 e. The largest absolute Gasteiger partial charge is 0.491 e. The van der Waals surface area contributed by atoms with Crippen LogP contribution in [0.3, 0.4) is 0 Å². The second kappa shape index (κ2) is 7.14. The highest BCUT2D eigenvalue weighted by Gasteiger charge is 2.38. The molecule has 0 N–H and O–H groups in total. The van der Waals surface area contributed by atoms with E-state index in [1.165, 1.54) is 32.1 Å². The number of likely N-dealkylation sites (tertiary alicyclic amines) is 1. The van der Waals surface area contributed by atoms with Gasteiger partial charge in [0.25, 0.3) is 5.91 Å². The summed E-state index contributed by atoms with van der Waals surface area (Å²) in [7, 11) is 0. The summed E-state index contributed by atoms with van der Waals surface area (Å²) in [5.74, 6) is 1.74. The van der Waals surface area contributed by atoms with Crippen molar-refractivity contribution in [1.29, 1.82) is 0 Å². The lowest BCUT2D eigenvalue weighted by molar-refractivity contribution is 0.0674. The van der Waals surface area contributed by atoms with Gasteiger partial charge in [-0.05, 0) is 62.3 Å². The van der Waals surface area contributed by atoms with Crippen molar-refractivity contribution in [1.82, 2.24) is 4.90 Å². The maximum atomic E-state index is 12.8. The standard InChI is InChI=1S/C20H27NO3/c22-20(21-12-11-15-4-1-2-6-19(15)21)16-7-9-17(10-8-16)24-14-18-5-3-13-23-18/h7-10,15,18-19H,1-6,11-14H2/t15-,18+,19-/m1/s1. The van der Waals surface area contributed by atoms with E-state index in [4.69, 9.17) is 9.47 Å². The summed E-state index contributed by atoms with van der Waals surface area (Å²) in [6.07, 6.45) is 8.68. The van der Waals surface area contributed by atoms with Crippen LogP contribution in [0, 0.1) is 5.92 Å². The van der Waals surface area contributed by atoms with Crippen LogP contribution in [-0.4, -0.2) is 42.7 Å². The van der Waals surface area contributed by atoms with Crippen molar-refractivity contribution in [2.24, 2.45) is 5.92 Å². The normalized spacial score (nSPS) is 29.5. The van der Waals surface area contributed by atoms with Gasteiger partial charge < -0.3 is 14.4 Å². The van der Waals surface area contributed by atoms with Crippen molar-refractivity contribution in [2.75, 3.05) is 19.8 Å². The number of carbonyl (C=O) groups is 1. The van der Waals surface area contributed by atoms with E-state index < -0.39 is 0 Å². The number of nitrogens with zero attached hydrogens (tertiary/aromatic N) is 1. The average Bonchev–Trinajstić information content (AvgIpc) is 3.29. The first-order valence-corrected chi connectivity index (χ1v) is 9.47. The summed E-state index contributed by atoms with van der Waals surface area (Å²) in [6.45, 7) is 2.37. The molecule has 0 unspecified atom stereocenters. The molecule has 0 radical (unpaired) electrons. The molecule has 1 amide bonds. The van der Waals surface area contributed by atoms with E-state index in [2.05, 4.69) is 4.90 Å². The number of carbonyl (C=O) groups excluding carboxylic acids is 1. The Hall–Kier alpha value is -1.55. The molecule has 3 aliphatic rings. The molecule has 0 aromatic heterocycles. The van der Waals surface area contributed by atoms with Gasteiger partial charge in [-0.15, -0.1) is 0 Å². The molecule has 1 aromatic carbocycles. The molecule has 3 atom stereocenters. The lowest BCUT2D eigenvalue weighted by atomic mass is 9.85. The monoisotopic (exact) mass is 329 g/mol. The Morgan fingerprint density at radius 2 is 1.92 bits per heavy atom. The minimum absolute atomic E-state index is 0.190. The molecule has 130 valence electrons. The van der Waals surface area contributed by atoms with Crippen LogP contribution in [0.25, 0.3) is 0 Å². The molecule has 4 rings (SSSR count). The van der Waals surface area contributed by atoms with Gasteiger partial charge in [0.15, 0.2) is 0 Å². The van der Waals surface area contributed by atoms with Crippen molar-refractivity contribution in [3.8, 4) is 5.75 Å². The van der Waals surface area contributed by atoms with Gasteiger partial charge in [-0.25, -0.2) is 0 Å². The number of benzene rings is 1. The fraction of sp³-hybridized carbons (Fsp3) is 0.650. The first-order chi connectivity index (χ1) is 11.8. The molecule has 4 nitrogen and oxygen atoms in total. The summed E-state index contributed by atoms with van der Waals surface area (Å²) >= 11 is 0. The van der Waals surface area contributed by atoms with Gasteiger partial charge in [0.1, 0.15) is 12.4 Å². The quantitative estimate of drug-likeness (QED) is 0.846. The number of rotatable bonds is 4. The number of ether oxygens (including phenoxy) is 2. The Morgan fingerprint density at radius 3 is 2.71 bits per heavy atom. The zero-order valence-corrected chi connectivity index (χ0v) is 14.3. The number of hydrogen-bond acceptors (Lipinski definition) is 3. The van der Waals surface area contributed by atoms with Crippen LogP contribution in [0.2, 0.25) is 0 Å². The van der Waals surface area contributed by atoms with Crippen molar-refractivity contribution in [2.45, 2.75) is 57.1 Å². The van der Waals surface area contributed by atoms with Crippen molar-refractivity contribution < 1.29 is 14.3 Å². The fourth-order valence-corrected chi connectivity index (χ4v) is 4.48. The van der Waals surface area contributed by atoms with E-state index in [1.54, 1.807) is 0 Å². The van der Waals surface area contributed by atoms with Gasteiger partial charge in [-0.2, -0.15) is 0 Å². The molecule has 1 aromatic rings. The van der Waals surface area contributed by atoms with Gasteiger partial charge in [0.05, 0.1) is 6.10 Å². The van der Waals surface area contributed by atoms with Gasteiger partial charge in [-0.1, -0.05) is 12.8 Å². The third kappa shape index (κ3) is 3.30. The van der Waals surface area contributed by atoms with Gasteiger partial charge in [-0.3, -0.25) is 4.79 Å². The van der Waals surface area contributed by atoms with Crippen LogP contribution in [-0.2, 0) is 4.74 Å². The van der Waals surface area contributed by atoms with Crippen LogP contribution >= 0.6 is 0 Å². The Bertz CT molecular complexity index is 565. The molecule has 0 bridgehead atoms. The maximum Gasteiger partial charge on any atom is 0.254 e. The third-order valence-electron chi connectivity index (χ3n) is 5.83. The zero-order valence-electron chi connectivity index (χ0n) is 14.3. The maximum absolute atomic E-state index is 12.8. The second-order valence-corrected chi connectivity index (χ2v) is 7.37. The Labute approximate surface area is 144 Å². The lowest BCUT2D eigenvalue weighted by Crippen LogP contribution is -2.39. The molecule has 2 saturated heterocycles. The SMILES string of the molecule is O=C(c1ccc(OC[C@@H]2CCCO2)cc1)N1CC[C@H]2CCCC[C@H]21. The fourth-order valence-electron chi connectivity index (χ4n) is 4.48. The molecular weight excluding hydrogens is 302 g/mol. The Morgan fingerprint density at radius 1 is 1.08 bits per heavy atom. The van der Waals surface area contributed by atoms with Crippen LogP contribution in [0.1, 0.15) is 55.3 Å². The molecule has 0 spiro atoms.